The molecule has 0 unspecified atom stereocenters. The van der Waals surface area contributed by atoms with Crippen LogP contribution in [0.3, 0.4) is 0 Å². The SMILES string of the molecule is COc1ccc(NC(=O)c2ccc(Br)cc2F)cc1OC. The molecule has 6 heteroatoms. The second-order valence-electron chi connectivity index (χ2n) is 4.15. The van der Waals surface area contributed by atoms with E-state index >= 15 is 0 Å². The minimum atomic E-state index is -0.595. The first-order valence-corrected chi connectivity index (χ1v) is 6.83. The van der Waals surface area contributed by atoms with Crippen LogP contribution >= 0.6 is 15.9 Å². The number of carbonyl (C=O) groups is 1. The lowest BCUT2D eigenvalue weighted by atomic mass is 10.2. The van der Waals surface area contributed by atoms with Gasteiger partial charge in [-0.15, -0.1) is 0 Å². The summed E-state index contributed by atoms with van der Waals surface area (Å²) in [6.45, 7) is 0. The molecule has 0 spiro atoms. The molecule has 0 saturated carbocycles. The van der Waals surface area contributed by atoms with Crippen molar-refractivity contribution in [2.45, 2.75) is 0 Å². The summed E-state index contributed by atoms with van der Waals surface area (Å²) in [4.78, 5) is 12.1. The lowest BCUT2D eigenvalue weighted by Crippen LogP contribution is -2.13. The Bertz CT molecular complexity index is 676. The number of amides is 1. The first-order chi connectivity index (χ1) is 10.0. The van der Waals surface area contributed by atoms with Gasteiger partial charge in [-0.25, -0.2) is 4.39 Å². The van der Waals surface area contributed by atoms with Gasteiger partial charge in [0.05, 0.1) is 19.8 Å². The van der Waals surface area contributed by atoms with Crippen LogP contribution in [0.15, 0.2) is 40.9 Å². The van der Waals surface area contributed by atoms with E-state index in [2.05, 4.69) is 21.2 Å². The van der Waals surface area contributed by atoms with E-state index in [0.29, 0.717) is 21.7 Å². The molecule has 1 amide bonds. The van der Waals surface area contributed by atoms with Gasteiger partial charge in [-0.05, 0) is 30.3 Å². The molecule has 1 N–H and O–H groups in total. The van der Waals surface area contributed by atoms with E-state index in [0.717, 1.165) is 0 Å². The summed E-state index contributed by atoms with van der Waals surface area (Å²) in [6.07, 6.45) is 0. The van der Waals surface area contributed by atoms with Crippen molar-refractivity contribution in [3.05, 3.63) is 52.3 Å². The van der Waals surface area contributed by atoms with Crippen LogP contribution in [0.4, 0.5) is 10.1 Å². The average Bonchev–Trinajstić information content (AvgIpc) is 2.46. The molecule has 2 aromatic rings. The number of hydrogen-bond acceptors (Lipinski definition) is 3. The Hall–Kier alpha value is -2.08. The zero-order valence-corrected chi connectivity index (χ0v) is 13.0. The first kappa shape index (κ1) is 15.3. The van der Waals surface area contributed by atoms with Crippen LogP contribution in [0.1, 0.15) is 10.4 Å². The van der Waals surface area contributed by atoms with Gasteiger partial charge in [-0.1, -0.05) is 15.9 Å². The second kappa shape index (κ2) is 6.58. The predicted molar refractivity (Wildman–Crippen MR) is 81.6 cm³/mol. The number of benzene rings is 2. The largest absolute Gasteiger partial charge is 0.493 e. The maximum Gasteiger partial charge on any atom is 0.258 e. The number of hydrogen-bond donors (Lipinski definition) is 1. The molecule has 0 saturated heterocycles. The fourth-order valence-corrected chi connectivity index (χ4v) is 2.12. The molecule has 0 atom stereocenters. The highest BCUT2D eigenvalue weighted by atomic mass is 79.9. The van der Waals surface area contributed by atoms with Crippen LogP contribution in [-0.2, 0) is 0 Å². The van der Waals surface area contributed by atoms with Gasteiger partial charge >= 0.3 is 0 Å². The minimum Gasteiger partial charge on any atom is -0.493 e. The van der Waals surface area contributed by atoms with Crippen molar-refractivity contribution >= 4 is 27.5 Å². The molecule has 0 fully saturated rings. The maximum atomic E-state index is 13.7. The second-order valence-corrected chi connectivity index (χ2v) is 5.06. The van der Waals surface area contributed by atoms with E-state index in [-0.39, 0.29) is 5.56 Å². The fourth-order valence-electron chi connectivity index (χ4n) is 1.79. The van der Waals surface area contributed by atoms with Gasteiger partial charge in [0.2, 0.25) is 0 Å². The zero-order chi connectivity index (χ0) is 15.4. The molecule has 0 bridgehead atoms. The van der Waals surface area contributed by atoms with Crippen molar-refractivity contribution in [3.63, 3.8) is 0 Å². The third kappa shape index (κ3) is 3.52. The molecule has 0 heterocycles. The zero-order valence-electron chi connectivity index (χ0n) is 11.4. The van der Waals surface area contributed by atoms with Gasteiger partial charge < -0.3 is 14.8 Å². The van der Waals surface area contributed by atoms with E-state index < -0.39 is 11.7 Å². The summed E-state index contributed by atoms with van der Waals surface area (Å²) in [5.74, 6) is -0.105. The Labute approximate surface area is 130 Å². The highest BCUT2D eigenvalue weighted by Crippen LogP contribution is 2.30. The molecule has 0 radical (unpaired) electrons. The summed E-state index contributed by atoms with van der Waals surface area (Å²) in [5.41, 5.74) is 0.452. The number of methoxy groups -OCH3 is 2. The summed E-state index contributed by atoms with van der Waals surface area (Å²) in [5, 5.41) is 2.61. The molecule has 110 valence electrons. The van der Waals surface area contributed by atoms with E-state index in [1.807, 2.05) is 0 Å². The Morgan fingerprint density at radius 3 is 2.43 bits per heavy atom. The van der Waals surface area contributed by atoms with Crippen molar-refractivity contribution in [1.29, 1.82) is 0 Å². The molecule has 2 aromatic carbocycles. The quantitative estimate of drug-likeness (QED) is 0.907. The van der Waals surface area contributed by atoms with Crippen molar-refractivity contribution in [1.82, 2.24) is 0 Å². The van der Waals surface area contributed by atoms with E-state index in [1.54, 1.807) is 24.3 Å². The number of carbonyl (C=O) groups excluding carboxylic acids is 1. The third-order valence-corrected chi connectivity index (χ3v) is 3.31. The van der Waals surface area contributed by atoms with Crippen molar-refractivity contribution in [2.75, 3.05) is 19.5 Å². The van der Waals surface area contributed by atoms with Gasteiger partial charge in [-0.3, -0.25) is 4.79 Å². The summed E-state index contributed by atoms with van der Waals surface area (Å²) in [7, 11) is 3.02. The summed E-state index contributed by atoms with van der Waals surface area (Å²) < 4.78 is 24.6. The van der Waals surface area contributed by atoms with E-state index in [9.17, 15) is 9.18 Å². The topological polar surface area (TPSA) is 47.6 Å². The normalized spacial score (nSPS) is 10.1. The van der Waals surface area contributed by atoms with Gasteiger partial charge in [0.25, 0.3) is 5.91 Å². The van der Waals surface area contributed by atoms with Gasteiger partial charge in [0.15, 0.2) is 11.5 Å². The molecule has 0 aliphatic heterocycles. The monoisotopic (exact) mass is 353 g/mol. The van der Waals surface area contributed by atoms with E-state index in [4.69, 9.17) is 9.47 Å². The Balaban J connectivity index is 2.23. The van der Waals surface area contributed by atoms with Crippen LogP contribution in [0, 0.1) is 5.82 Å². The maximum absolute atomic E-state index is 13.7. The van der Waals surface area contributed by atoms with Crippen LogP contribution in [0.25, 0.3) is 0 Å². The highest BCUT2D eigenvalue weighted by Gasteiger charge is 2.13. The predicted octanol–water partition coefficient (Wildman–Crippen LogP) is 3.86. The molecule has 2 rings (SSSR count). The van der Waals surface area contributed by atoms with Gasteiger partial charge in [-0.2, -0.15) is 0 Å². The van der Waals surface area contributed by atoms with Crippen LogP contribution in [-0.4, -0.2) is 20.1 Å². The van der Waals surface area contributed by atoms with Crippen LogP contribution in [0.2, 0.25) is 0 Å². The molecular formula is C15H13BrFNO3. The molecule has 21 heavy (non-hydrogen) atoms. The Morgan fingerprint density at radius 1 is 1.10 bits per heavy atom. The van der Waals surface area contributed by atoms with E-state index in [1.165, 1.54) is 26.4 Å². The number of nitrogens with one attached hydrogen (secondary N) is 1. The third-order valence-electron chi connectivity index (χ3n) is 2.82. The molecular weight excluding hydrogens is 341 g/mol. The van der Waals surface area contributed by atoms with Crippen molar-refractivity contribution in [2.24, 2.45) is 0 Å². The Kier molecular flexibility index (Phi) is 4.80. The standard InChI is InChI=1S/C15H13BrFNO3/c1-20-13-6-4-10(8-14(13)21-2)18-15(19)11-5-3-9(16)7-12(11)17/h3-8H,1-2H3,(H,18,19). The molecule has 0 aliphatic rings. The van der Waals surface area contributed by atoms with Crippen LogP contribution in [0.5, 0.6) is 11.5 Å². The fraction of sp³-hybridized carbons (Fsp3) is 0.133. The Morgan fingerprint density at radius 2 is 1.81 bits per heavy atom. The summed E-state index contributed by atoms with van der Waals surface area (Å²) in [6, 6.07) is 9.17. The number of ether oxygens (including phenoxy) is 2. The van der Waals surface area contributed by atoms with Gasteiger partial charge in [0, 0.05) is 16.2 Å². The molecule has 0 aliphatic carbocycles. The van der Waals surface area contributed by atoms with Crippen LogP contribution < -0.4 is 14.8 Å². The molecule has 0 aromatic heterocycles. The van der Waals surface area contributed by atoms with Gasteiger partial charge in [0.1, 0.15) is 5.82 Å². The lowest BCUT2D eigenvalue weighted by Gasteiger charge is -2.11. The van der Waals surface area contributed by atoms with Crippen molar-refractivity contribution < 1.29 is 18.7 Å². The lowest BCUT2D eigenvalue weighted by molar-refractivity contribution is 0.102. The highest BCUT2D eigenvalue weighted by molar-refractivity contribution is 9.10. The molecule has 4 nitrogen and oxygen atoms in total. The number of anilines is 1. The minimum absolute atomic E-state index is 0.0343. The average molecular weight is 354 g/mol. The smallest absolute Gasteiger partial charge is 0.258 e. The number of rotatable bonds is 4. The van der Waals surface area contributed by atoms with Crippen molar-refractivity contribution in [3.8, 4) is 11.5 Å². The number of halogens is 2. The first-order valence-electron chi connectivity index (χ1n) is 6.03. The summed E-state index contributed by atoms with van der Waals surface area (Å²) >= 11 is 3.14.